The number of thioether (sulfide) groups is 1. The third-order valence-electron chi connectivity index (χ3n) is 2.35. The van der Waals surface area contributed by atoms with Gasteiger partial charge in [0.15, 0.2) is 11.0 Å². The molecule has 1 aromatic carbocycles. The van der Waals surface area contributed by atoms with Crippen molar-refractivity contribution in [3.63, 3.8) is 0 Å². The Morgan fingerprint density at radius 2 is 2.32 bits per heavy atom. The number of carbonyl (C=O) groups is 1. The van der Waals surface area contributed by atoms with E-state index in [0.717, 1.165) is 11.8 Å². The molecule has 0 unspecified atom stereocenters. The van der Waals surface area contributed by atoms with Gasteiger partial charge in [-0.1, -0.05) is 40.3 Å². The molecule has 0 bridgehead atoms. The third kappa shape index (κ3) is 3.16. The number of benzene rings is 1. The Morgan fingerprint density at radius 1 is 1.58 bits per heavy atom. The van der Waals surface area contributed by atoms with Gasteiger partial charge in [0.2, 0.25) is 0 Å². The van der Waals surface area contributed by atoms with Gasteiger partial charge in [-0.25, -0.2) is 9.37 Å². The van der Waals surface area contributed by atoms with E-state index in [1.54, 1.807) is 16.7 Å². The van der Waals surface area contributed by atoms with Crippen LogP contribution in [-0.2, 0) is 11.3 Å². The van der Waals surface area contributed by atoms with Gasteiger partial charge in [0, 0.05) is 4.48 Å². The van der Waals surface area contributed by atoms with Crippen LogP contribution < -0.4 is 0 Å². The average molecular weight is 345 g/mol. The number of hydrogen-bond acceptors (Lipinski definition) is 3. The number of aliphatic carboxylic acids is 1. The van der Waals surface area contributed by atoms with E-state index >= 15 is 0 Å². The summed E-state index contributed by atoms with van der Waals surface area (Å²) in [5, 5.41) is 9.18. The summed E-state index contributed by atoms with van der Waals surface area (Å²) in [6.45, 7) is 4.15. The molecule has 0 aliphatic carbocycles. The number of carboxylic acids is 1. The lowest BCUT2D eigenvalue weighted by atomic mass is 10.3. The minimum absolute atomic E-state index is 0.125. The van der Waals surface area contributed by atoms with E-state index in [9.17, 15) is 9.18 Å². The summed E-state index contributed by atoms with van der Waals surface area (Å²) in [6.07, 6.45) is 0. The van der Waals surface area contributed by atoms with Crippen molar-refractivity contribution in [3.8, 4) is 0 Å². The Bertz CT molecular complexity index is 656. The number of fused-ring (bicyclic) bond motifs is 1. The van der Waals surface area contributed by atoms with Crippen LogP contribution in [0.15, 0.2) is 34.4 Å². The molecule has 0 spiro atoms. The van der Waals surface area contributed by atoms with E-state index in [2.05, 4.69) is 27.5 Å². The SMILES string of the molecule is C=C(Br)Cn1c(SCC(=O)O)nc2c(F)cccc21. The van der Waals surface area contributed by atoms with Gasteiger partial charge in [-0.3, -0.25) is 4.79 Å². The second-order valence-electron chi connectivity index (χ2n) is 3.79. The third-order valence-corrected chi connectivity index (χ3v) is 3.56. The summed E-state index contributed by atoms with van der Waals surface area (Å²) in [7, 11) is 0. The topological polar surface area (TPSA) is 55.1 Å². The highest BCUT2D eigenvalue weighted by molar-refractivity contribution is 9.11. The van der Waals surface area contributed by atoms with Gasteiger partial charge in [-0.15, -0.1) is 0 Å². The lowest BCUT2D eigenvalue weighted by Gasteiger charge is -2.06. The maximum atomic E-state index is 13.7. The Balaban J connectivity index is 2.50. The van der Waals surface area contributed by atoms with Crippen molar-refractivity contribution in [3.05, 3.63) is 35.1 Å². The number of halogens is 2. The second kappa shape index (κ2) is 5.75. The summed E-state index contributed by atoms with van der Waals surface area (Å²) >= 11 is 4.31. The summed E-state index contributed by atoms with van der Waals surface area (Å²) in [5.74, 6) is -1.49. The van der Waals surface area contributed by atoms with Gasteiger partial charge in [0.25, 0.3) is 0 Å². The van der Waals surface area contributed by atoms with Crippen molar-refractivity contribution >= 4 is 44.7 Å². The highest BCUT2D eigenvalue weighted by Crippen LogP contribution is 2.27. The van der Waals surface area contributed by atoms with E-state index in [1.807, 2.05) is 0 Å². The first kappa shape index (κ1) is 14.1. The standard InChI is InChI=1S/C12H10BrFN2O2S/c1-7(13)5-16-9-4-2-3-8(14)11(9)15-12(16)19-6-10(17)18/h2-4H,1,5-6H2,(H,17,18). The van der Waals surface area contributed by atoms with Crippen molar-refractivity contribution in [2.45, 2.75) is 11.7 Å². The van der Waals surface area contributed by atoms with Crippen molar-refractivity contribution in [1.29, 1.82) is 0 Å². The molecule has 0 aliphatic heterocycles. The number of hydrogen-bond donors (Lipinski definition) is 1. The average Bonchev–Trinajstić information content (AvgIpc) is 2.66. The van der Waals surface area contributed by atoms with E-state index in [-0.39, 0.29) is 11.3 Å². The quantitative estimate of drug-likeness (QED) is 0.846. The van der Waals surface area contributed by atoms with Crippen LogP contribution in [0.2, 0.25) is 0 Å². The van der Waals surface area contributed by atoms with Gasteiger partial charge in [-0.2, -0.15) is 0 Å². The van der Waals surface area contributed by atoms with Gasteiger partial charge < -0.3 is 9.67 Å². The monoisotopic (exact) mass is 344 g/mol. The molecule has 0 saturated carbocycles. The zero-order valence-electron chi connectivity index (χ0n) is 9.77. The zero-order valence-corrected chi connectivity index (χ0v) is 12.2. The van der Waals surface area contributed by atoms with Gasteiger partial charge >= 0.3 is 5.97 Å². The maximum Gasteiger partial charge on any atom is 0.313 e. The molecule has 0 fully saturated rings. The number of carboxylic acid groups (broad SMARTS) is 1. The number of aromatic nitrogens is 2. The summed E-state index contributed by atoms with van der Waals surface area (Å²) in [4.78, 5) is 14.8. The molecule has 100 valence electrons. The molecule has 19 heavy (non-hydrogen) atoms. The van der Waals surface area contributed by atoms with Gasteiger partial charge in [-0.05, 0) is 12.1 Å². The molecule has 1 aromatic heterocycles. The van der Waals surface area contributed by atoms with Crippen molar-refractivity contribution in [1.82, 2.24) is 9.55 Å². The van der Waals surface area contributed by atoms with Crippen LogP contribution in [0.4, 0.5) is 4.39 Å². The number of para-hydroxylation sites is 1. The van der Waals surface area contributed by atoms with E-state index in [4.69, 9.17) is 5.11 Å². The molecule has 0 amide bonds. The van der Waals surface area contributed by atoms with Crippen LogP contribution >= 0.6 is 27.7 Å². The smallest absolute Gasteiger partial charge is 0.313 e. The van der Waals surface area contributed by atoms with Crippen LogP contribution in [0.1, 0.15) is 0 Å². The van der Waals surface area contributed by atoms with Crippen molar-refractivity contribution < 1.29 is 14.3 Å². The minimum atomic E-state index is -0.943. The Kier molecular flexibility index (Phi) is 4.26. The van der Waals surface area contributed by atoms with Crippen LogP contribution in [0.3, 0.4) is 0 Å². The van der Waals surface area contributed by atoms with E-state index in [1.165, 1.54) is 6.07 Å². The molecule has 0 radical (unpaired) electrons. The van der Waals surface area contributed by atoms with Crippen molar-refractivity contribution in [2.24, 2.45) is 0 Å². The first-order chi connectivity index (χ1) is 8.99. The highest BCUT2D eigenvalue weighted by atomic mass is 79.9. The number of nitrogens with zero attached hydrogens (tertiary/aromatic N) is 2. The summed E-state index contributed by atoms with van der Waals surface area (Å²) in [6, 6.07) is 4.67. The molecule has 2 rings (SSSR count). The molecule has 1 N–H and O–H groups in total. The normalized spacial score (nSPS) is 10.8. The minimum Gasteiger partial charge on any atom is -0.481 e. The number of imidazole rings is 1. The summed E-state index contributed by atoms with van der Waals surface area (Å²) in [5.41, 5.74) is 0.859. The first-order valence-electron chi connectivity index (χ1n) is 5.31. The van der Waals surface area contributed by atoms with Crippen molar-refractivity contribution in [2.75, 3.05) is 5.75 Å². The number of rotatable bonds is 5. The van der Waals surface area contributed by atoms with Gasteiger partial charge in [0.1, 0.15) is 5.52 Å². The predicted octanol–water partition coefficient (Wildman–Crippen LogP) is 3.26. The van der Waals surface area contributed by atoms with Gasteiger partial charge in [0.05, 0.1) is 17.8 Å². The Labute approximate surface area is 121 Å². The molecule has 4 nitrogen and oxygen atoms in total. The molecule has 0 aliphatic rings. The maximum absolute atomic E-state index is 13.7. The lowest BCUT2D eigenvalue weighted by Crippen LogP contribution is -2.03. The van der Waals surface area contributed by atoms with E-state index < -0.39 is 11.8 Å². The molecule has 2 aromatic rings. The second-order valence-corrected chi connectivity index (χ2v) is 5.85. The lowest BCUT2D eigenvalue weighted by molar-refractivity contribution is -0.133. The Hall–Kier alpha value is -1.34. The largest absolute Gasteiger partial charge is 0.481 e. The van der Waals surface area contributed by atoms with Crippen LogP contribution in [0.25, 0.3) is 11.0 Å². The fourth-order valence-electron chi connectivity index (χ4n) is 1.65. The summed E-state index contributed by atoms with van der Waals surface area (Å²) < 4.78 is 16.1. The van der Waals surface area contributed by atoms with Crippen LogP contribution in [0, 0.1) is 5.82 Å². The molecule has 7 heteroatoms. The molecular formula is C12H10BrFN2O2S. The highest BCUT2D eigenvalue weighted by Gasteiger charge is 2.15. The predicted molar refractivity (Wildman–Crippen MR) is 76.1 cm³/mol. The fourth-order valence-corrected chi connectivity index (χ4v) is 2.63. The first-order valence-corrected chi connectivity index (χ1v) is 7.09. The molecule has 0 atom stereocenters. The zero-order chi connectivity index (χ0) is 14.0. The van der Waals surface area contributed by atoms with Crippen LogP contribution in [0.5, 0.6) is 0 Å². The Morgan fingerprint density at radius 3 is 2.95 bits per heavy atom. The molecule has 0 saturated heterocycles. The molecular weight excluding hydrogens is 335 g/mol. The van der Waals surface area contributed by atoms with Crippen LogP contribution in [-0.4, -0.2) is 26.4 Å². The fraction of sp³-hybridized carbons (Fsp3) is 0.167. The molecule has 1 heterocycles. The number of allylic oxidation sites excluding steroid dienone is 1. The van der Waals surface area contributed by atoms with E-state index in [0.29, 0.717) is 21.7 Å².